The first-order chi connectivity index (χ1) is 8.08. The number of hydrogen-bond donors (Lipinski definition) is 2. The quantitative estimate of drug-likeness (QED) is 0.776. The van der Waals surface area contributed by atoms with E-state index in [2.05, 4.69) is 9.97 Å². The van der Waals surface area contributed by atoms with E-state index in [1.807, 2.05) is 4.90 Å². The molecule has 2 rings (SSSR count). The highest BCUT2D eigenvalue weighted by Gasteiger charge is 2.20. The van der Waals surface area contributed by atoms with Crippen molar-refractivity contribution < 1.29 is 15.0 Å². The van der Waals surface area contributed by atoms with Gasteiger partial charge in [0.05, 0.1) is 17.4 Å². The van der Waals surface area contributed by atoms with Crippen molar-refractivity contribution in [1.29, 1.82) is 0 Å². The lowest BCUT2D eigenvalue weighted by molar-refractivity contribution is 0.0695. The van der Waals surface area contributed by atoms with E-state index in [4.69, 9.17) is 5.11 Å². The molecule has 92 valence electrons. The second-order valence-corrected chi connectivity index (χ2v) is 4.19. The standard InChI is InChI=1S/C11H15N3O3/c1-7-9(10(16)17)6-12-11(13-7)14-4-2-8(15)3-5-14/h6,8,15H,2-5H2,1H3,(H,16,17). The molecule has 1 aromatic heterocycles. The van der Waals surface area contributed by atoms with Crippen molar-refractivity contribution in [2.45, 2.75) is 25.9 Å². The third-order valence-corrected chi connectivity index (χ3v) is 2.94. The molecule has 6 heteroatoms. The molecule has 1 aliphatic rings. The lowest BCUT2D eigenvalue weighted by Crippen LogP contribution is -2.37. The van der Waals surface area contributed by atoms with Gasteiger partial charge in [0, 0.05) is 19.3 Å². The molecule has 0 aliphatic carbocycles. The van der Waals surface area contributed by atoms with Crippen LogP contribution in [0.2, 0.25) is 0 Å². The van der Waals surface area contributed by atoms with Gasteiger partial charge in [-0.3, -0.25) is 0 Å². The first kappa shape index (κ1) is 11.8. The van der Waals surface area contributed by atoms with Gasteiger partial charge in [0.2, 0.25) is 5.95 Å². The summed E-state index contributed by atoms with van der Waals surface area (Å²) >= 11 is 0. The number of piperidine rings is 1. The molecule has 1 aliphatic heterocycles. The predicted octanol–water partition coefficient (Wildman–Crippen LogP) is 0.444. The van der Waals surface area contributed by atoms with Crippen molar-refractivity contribution in [3.8, 4) is 0 Å². The number of nitrogens with zero attached hydrogens (tertiary/aromatic N) is 3. The monoisotopic (exact) mass is 237 g/mol. The Bertz CT molecular complexity index is 428. The van der Waals surface area contributed by atoms with Crippen LogP contribution in [-0.2, 0) is 0 Å². The van der Waals surface area contributed by atoms with Crippen molar-refractivity contribution in [3.05, 3.63) is 17.5 Å². The SMILES string of the molecule is Cc1nc(N2CCC(O)CC2)ncc1C(=O)O. The number of carboxylic acid groups (broad SMARTS) is 1. The molecule has 0 spiro atoms. The van der Waals surface area contributed by atoms with E-state index >= 15 is 0 Å². The maximum atomic E-state index is 10.8. The Morgan fingerprint density at radius 2 is 2.12 bits per heavy atom. The van der Waals surface area contributed by atoms with Gasteiger partial charge in [-0.15, -0.1) is 0 Å². The molecule has 0 aromatic carbocycles. The Morgan fingerprint density at radius 1 is 1.47 bits per heavy atom. The molecule has 0 saturated carbocycles. The van der Waals surface area contributed by atoms with Gasteiger partial charge in [0.1, 0.15) is 0 Å². The van der Waals surface area contributed by atoms with E-state index in [1.54, 1.807) is 6.92 Å². The van der Waals surface area contributed by atoms with Crippen LogP contribution in [0, 0.1) is 6.92 Å². The molecular weight excluding hydrogens is 222 g/mol. The van der Waals surface area contributed by atoms with Gasteiger partial charge in [0.15, 0.2) is 0 Å². The number of carbonyl (C=O) groups is 1. The number of anilines is 1. The highest BCUT2D eigenvalue weighted by Crippen LogP contribution is 2.17. The smallest absolute Gasteiger partial charge is 0.339 e. The fourth-order valence-corrected chi connectivity index (χ4v) is 1.88. The van der Waals surface area contributed by atoms with Crippen LogP contribution in [0.1, 0.15) is 28.9 Å². The molecule has 0 atom stereocenters. The molecular formula is C11H15N3O3. The summed E-state index contributed by atoms with van der Waals surface area (Å²) in [6.07, 6.45) is 2.49. The first-order valence-electron chi connectivity index (χ1n) is 5.58. The summed E-state index contributed by atoms with van der Waals surface area (Å²) in [6, 6.07) is 0. The highest BCUT2D eigenvalue weighted by molar-refractivity contribution is 5.88. The molecule has 1 aromatic rings. The van der Waals surface area contributed by atoms with Crippen LogP contribution in [0.25, 0.3) is 0 Å². The summed E-state index contributed by atoms with van der Waals surface area (Å²) in [4.78, 5) is 21.0. The molecule has 0 unspecified atom stereocenters. The Morgan fingerprint density at radius 3 is 2.65 bits per heavy atom. The number of aryl methyl sites for hydroxylation is 1. The zero-order valence-corrected chi connectivity index (χ0v) is 9.63. The number of aromatic carboxylic acids is 1. The summed E-state index contributed by atoms with van der Waals surface area (Å²) in [7, 11) is 0. The van der Waals surface area contributed by atoms with E-state index in [9.17, 15) is 9.90 Å². The second-order valence-electron chi connectivity index (χ2n) is 4.19. The zero-order chi connectivity index (χ0) is 12.4. The van der Waals surface area contributed by atoms with Crippen LogP contribution in [-0.4, -0.2) is 45.3 Å². The van der Waals surface area contributed by atoms with Gasteiger partial charge in [-0.1, -0.05) is 0 Å². The number of aliphatic hydroxyl groups excluding tert-OH is 1. The summed E-state index contributed by atoms with van der Waals surface area (Å²) in [5.41, 5.74) is 0.597. The Balaban J connectivity index is 2.17. The lowest BCUT2D eigenvalue weighted by atomic mass is 10.1. The topological polar surface area (TPSA) is 86.5 Å². The van der Waals surface area contributed by atoms with Crippen LogP contribution in [0.15, 0.2) is 6.20 Å². The fourth-order valence-electron chi connectivity index (χ4n) is 1.88. The largest absolute Gasteiger partial charge is 0.478 e. The molecule has 0 bridgehead atoms. The van der Waals surface area contributed by atoms with E-state index in [1.165, 1.54) is 6.20 Å². The van der Waals surface area contributed by atoms with Gasteiger partial charge in [-0.25, -0.2) is 14.8 Å². The number of rotatable bonds is 2. The van der Waals surface area contributed by atoms with Crippen molar-refractivity contribution in [2.24, 2.45) is 0 Å². The van der Waals surface area contributed by atoms with Gasteiger partial charge < -0.3 is 15.1 Å². The normalized spacial score (nSPS) is 17.2. The van der Waals surface area contributed by atoms with E-state index in [0.29, 0.717) is 37.6 Å². The Kier molecular flexibility index (Phi) is 3.23. The molecule has 0 radical (unpaired) electrons. The van der Waals surface area contributed by atoms with Crippen molar-refractivity contribution in [3.63, 3.8) is 0 Å². The lowest BCUT2D eigenvalue weighted by Gasteiger charge is -2.29. The summed E-state index contributed by atoms with van der Waals surface area (Å²) in [6.45, 7) is 3.06. The van der Waals surface area contributed by atoms with Gasteiger partial charge >= 0.3 is 5.97 Å². The summed E-state index contributed by atoms with van der Waals surface area (Å²) in [5, 5.41) is 18.3. The van der Waals surface area contributed by atoms with Gasteiger partial charge in [0.25, 0.3) is 0 Å². The van der Waals surface area contributed by atoms with E-state index < -0.39 is 5.97 Å². The molecule has 2 N–H and O–H groups in total. The third kappa shape index (κ3) is 2.52. The van der Waals surface area contributed by atoms with Crippen LogP contribution < -0.4 is 4.90 Å². The second kappa shape index (κ2) is 4.67. The Hall–Kier alpha value is -1.69. The number of carboxylic acids is 1. The number of aliphatic hydroxyl groups is 1. The molecule has 1 saturated heterocycles. The minimum Gasteiger partial charge on any atom is -0.478 e. The average molecular weight is 237 g/mol. The fraction of sp³-hybridized carbons (Fsp3) is 0.545. The average Bonchev–Trinajstić information content (AvgIpc) is 2.29. The van der Waals surface area contributed by atoms with Gasteiger partial charge in [-0.2, -0.15) is 0 Å². The van der Waals surface area contributed by atoms with Crippen LogP contribution in [0.3, 0.4) is 0 Å². The summed E-state index contributed by atoms with van der Waals surface area (Å²) < 4.78 is 0. The minimum atomic E-state index is -1.01. The molecule has 6 nitrogen and oxygen atoms in total. The third-order valence-electron chi connectivity index (χ3n) is 2.94. The molecule has 1 fully saturated rings. The molecule has 0 amide bonds. The maximum absolute atomic E-state index is 10.8. The summed E-state index contributed by atoms with van der Waals surface area (Å²) in [5.74, 6) is -0.470. The Labute approximate surface area is 98.9 Å². The van der Waals surface area contributed by atoms with Crippen molar-refractivity contribution in [1.82, 2.24) is 9.97 Å². The van der Waals surface area contributed by atoms with Crippen LogP contribution in [0.4, 0.5) is 5.95 Å². The first-order valence-corrected chi connectivity index (χ1v) is 5.58. The van der Waals surface area contributed by atoms with Gasteiger partial charge in [-0.05, 0) is 19.8 Å². The maximum Gasteiger partial charge on any atom is 0.339 e. The number of hydrogen-bond acceptors (Lipinski definition) is 5. The van der Waals surface area contributed by atoms with Crippen molar-refractivity contribution in [2.75, 3.05) is 18.0 Å². The van der Waals surface area contributed by atoms with Crippen LogP contribution in [0.5, 0.6) is 0 Å². The van der Waals surface area contributed by atoms with E-state index in [-0.39, 0.29) is 11.7 Å². The zero-order valence-electron chi connectivity index (χ0n) is 9.63. The molecule has 17 heavy (non-hydrogen) atoms. The van der Waals surface area contributed by atoms with Crippen LogP contribution >= 0.6 is 0 Å². The van der Waals surface area contributed by atoms with E-state index in [0.717, 1.165) is 0 Å². The molecule has 2 heterocycles. The highest BCUT2D eigenvalue weighted by atomic mass is 16.4. The van der Waals surface area contributed by atoms with Crippen molar-refractivity contribution >= 4 is 11.9 Å². The predicted molar refractivity (Wildman–Crippen MR) is 61.2 cm³/mol. The minimum absolute atomic E-state index is 0.130. The number of aromatic nitrogens is 2.